The summed E-state index contributed by atoms with van der Waals surface area (Å²) in [6, 6.07) is 5.28. The Balaban J connectivity index is 2.06. The van der Waals surface area contributed by atoms with Gasteiger partial charge in [0.25, 0.3) is 0 Å². The number of nitrogens with zero attached hydrogens (tertiary/aromatic N) is 1. The number of likely N-dealkylation sites (tertiary alicyclic amines) is 1. The van der Waals surface area contributed by atoms with Gasteiger partial charge in [0.05, 0.1) is 24.9 Å². The van der Waals surface area contributed by atoms with Crippen LogP contribution >= 0.6 is 0 Å². The van der Waals surface area contributed by atoms with Gasteiger partial charge in [-0.05, 0) is 30.7 Å². The average molecular weight is 352 g/mol. The molecule has 136 valence electrons. The maximum atomic E-state index is 12.9. The van der Waals surface area contributed by atoms with Crippen LogP contribution in [0.25, 0.3) is 0 Å². The van der Waals surface area contributed by atoms with Gasteiger partial charge in [-0.2, -0.15) is 0 Å². The first-order valence-corrected chi connectivity index (χ1v) is 7.96. The van der Waals surface area contributed by atoms with Crippen LogP contribution in [-0.2, 0) is 19.1 Å². The van der Waals surface area contributed by atoms with Gasteiger partial charge in [-0.3, -0.25) is 14.4 Å². The Morgan fingerprint density at radius 3 is 2.48 bits per heavy atom. The quantitative estimate of drug-likeness (QED) is 0.806. The summed E-state index contributed by atoms with van der Waals surface area (Å²) in [7, 11) is 1.47. The van der Waals surface area contributed by atoms with E-state index >= 15 is 0 Å². The summed E-state index contributed by atoms with van der Waals surface area (Å²) in [6.45, 7) is 0.469. The molecule has 0 aliphatic carbocycles. The number of carbonyl (C=O) groups excluding carboxylic acids is 2. The molecule has 1 aromatic rings. The largest absolute Gasteiger partial charge is 0.481 e. The van der Waals surface area contributed by atoms with Gasteiger partial charge in [-0.15, -0.1) is 0 Å². The van der Waals surface area contributed by atoms with Gasteiger partial charge >= 0.3 is 5.97 Å². The minimum absolute atomic E-state index is 0.0816. The van der Waals surface area contributed by atoms with Crippen molar-refractivity contribution < 1.29 is 28.6 Å². The third-order valence-corrected chi connectivity index (χ3v) is 4.16. The molecule has 1 fully saturated rings. The van der Waals surface area contributed by atoms with Crippen LogP contribution < -0.4 is 5.32 Å². The maximum absolute atomic E-state index is 12.9. The normalized spacial score (nSPS) is 20.2. The van der Waals surface area contributed by atoms with E-state index in [1.807, 2.05) is 0 Å². The molecule has 1 heterocycles. The van der Waals surface area contributed by atoms with Gasteiger partial charge in [0.1, 0.15) is 5.82 Å². The van der Waals surface area contributed by atoms with E-state index in [4.69, 9.17) is 4.74 Å². The number of amides is 2. The Morgan fingerprint density at radius 1 is 1.24 bits per heavy atom. The highest BCUT2D eigenvalue weighted by Crippen LogP contribution is 2.24. The van der Waals surface area contributed by atoms with Crippen molar-refractivity contribution in [1.29, 1.82) is 0 Å². The summed E-state index contributed by atoms with van der Waals surface area (Å²) in [6.07, 6.45) is 0.283. The van der Waals surface area contributed by atoms with Crippen LogP contribution in [0.3, 0.4) is 0 Å². The summed E-state index contributed by atoms with van der Waals surface area (Å²) in [4.78, 5) is 37.4. The number of nitrogens with one attached hydrogen (secondary N) is 1. The SMILES string of the molecule is COCCC(=O)N1C[C@@H](C(=O)O)C[C@@H](C(=O)Nc2ccc(F)cc2)C1. The second-order valence-electron chi connectivity index (χ2n) is 6.01. The third kappa shape index (κ3) is 5.25. The molecule has 2 amide bonds. The Morgan fingerprint density at radius 2 is 1.88 bits per heavy atom. The highest BCUT2D eigenvalue weighted by Gasteiger charge is 2.36. The lowest BCUT2D eigenvalue weighted by molar-refractivity contribution is -0.148. The smallest absolute Gasteiger partial charge is 0.308 e. The molecular formula is C17H21FN2O5. The fourth-order valence-electron chi connectivity index (χ4n) is 2.80. The second-order valence-corrected chi connectivity index (χ2v) is 6.01. The molecule has 0 saturated carbocycles. The van der Waals surface area contributed by atoms with Crippen molar-refractivity contribution in [1.82, 2.24) is 4.90 Å². The van der Waals surface area contributed by atoms with Crippen LogP contribution in [-0.4, -0.2) is 54.6 Å². The third-order valence-electron chi connectivity index (χ3n) is 4.16. The number of hydrogen-bond acceptors (Lipinski definition) is 4. The predicted molar refractivity (Wildman–Crippen MR) is 87.3 cm³/mol. The van der Waals surface area contributed by atoms with Gasteiger partial charge in [-0.25, -0.2) is 4.39 Å². The molecule has 0 unspecified atom stereocenters. The minimum Gasteiger partial charge on any atom is -0.481 e. The van der Waals surface area contributed by atoms with E-state index in [1.54, 1.807) is 0 Å². The Kier molecular flexibility index (Phi) is 6.46. The zero-order chi connectivity index (χ0) is 18.4. The molecule has 2 atom stereocenters. The number of hydrogen-bond donors (Lipinski definition) is 2. The minimum atomic E-state index is -1.04. The van der Waals surface area contributed by atoms with E-state index < -0.39 is 23.6 Å². The molecule has 7 nitrogen and oxygen atoms in total. The Bertz CT molecular complexity index is 634. The van der Waals surface area contributed by atoms with Crippen molar-refractivity contribution in [3.8, 4) is 0 Å². The molecule has 2 N–H and O–H groups in total. The van der Waals surface area contributed by atoms with Crippen molar-refractivity contribution in [2.24, 2.45) is 11.8 Å². The van der Waals surface area contributed by atoms with Crippen LogP contribution in [0.2, 0.25) is 0 Å². The fraction of sp³-hybridized carbons (Fsp3) is 0.471. The number of methoxy groups -OCH3 is 1. The number of anilines is 1. The number of halogens is 1. The van der Waals surface area contributed by atoms with Gasteiger partial charge in [-0.1, -0.05) is 0 Å². The van der Waals surface area contributed by atoms with Gasteiger partial charge in [0.2, 0.25) is 11.8 Å². The first kappa shape index (κ1) is 18.9. The van der Waals surface area contributed by atoms with Gasteiger partial charge in [0, 0.05) is 25.9 Å². The predicted octanol–water partition coefficient (Wildman–Crippen LogP) is 1.35. The number of carboxylic acid groups (broad SMARTS) is 1. The van der Waals surface area contributed by atoms with Crippen LogP contribution in [0, 0.1) is 17.7 Å². The van der Waals surface area contributed by atoms with E-state index in [0.717, 1.165) is 0 Å². The first-order valence-electron chi connectivity index (χ1n) is 7.96. The van der Waals surface area contributed by atoms with E-state index in [2.05, 4.69) is 5.32 Å². The summed E-state index contributed by atoms with van der Waals surface area (Å²) in [5.41, 5.74) is 0.418. The number of aliphatic carboxylic acids is 1. The lowest BCUT2D eigenvalue weighted by Gasteiger charge is -2.35. The van der Waals surface area contributed by atoms with Crippen LogP contribution in [0.5, 0.6) is 0 Å². The van der Waals surface area contributed by atoms with Crippen LogP contribution in [0.1, 0.15) is 12.8 Å². The van der Waals surface area contributed by atoms with E-state index in [-0.39, 0.29) is 44.4 Å². The van der Waals surface area contributed by atoms with Crippen LogP contribution in [0.15, 0.2) is 24.3 Å². The van der Waals surface area contributed by atoms with Gasteiger partial charge < -0.3 is 20.1 Å². The van der Waals surface area contributed by atoms with E-state index in [0.29, 0.717) is 5.69 Å². The zero-order valence-electron chi connectivity index (χ0n) is 13.9. The second kappa shape index (κ2) is 8.57. The molecule has 1 saturated heterocycles. The van der Waals surface area contributed by atoms with Crippen molar-refractivity contribution in [2.75, 3.05) is 32.1 Å². The van der Waals surface area contributed by atoms with E-state index in [9.17, 15) is 23.9 Å². The number of piperidine rings is 1. The molecule has 8 heteroatoms. The Hall–Kier alpha value is -2.48. The molecule has 1 aliphatic rings. The molecule has 0 bridgehead atoms. The zero-order valence-corrected chi connectivity index (χ0v) is 13.9. The molecule has 25 heavy (non-hydrogen) atoms. The molecule has 2 rings (SSSR count). The molecule has 0 spiro atoms. The number of carboxylic acids is 1. The number of benzene rings is 1. The number of ether oxygens (including phenoxy) is 1. The molecule has 1 aromatic carbocycles. The summed E-state index contributed by atoms with van der Waals surface area (Å²) >= 11 is 0. The molecule has 0 radical (unpaired) electrons. The average Bonchev–Trinajstić information content (AvgIpc) is 2.61. The lowest BCUT2D eigenvalue weighted by atomic mass is 9.88. The van der Waals surface area contributed by atoms with Gasteiger partial charge in [0.15, 0.2) is 0 Å². The summed E-state index contributed by atoms with van der Waals surface area (Å²) < 4.78 is 17.8. The monoisotopic (exact) mass is 352 g/mol. The highest BCUT2D eigenvalue weighted by atomic mass is 19.1. The van der Waals surface area contributed by atoms with Crippen molar-refractivity contribution >= 4 is 23.5 Å². The number of carbonyl (C=O) groups is 3. The Labute approximate surface area is 144 Å². The highest BCUT2D eigenvalue weighted by molar-refractivity contribution is 5.93. The van der Waals surface area contributed by atoms with Crippen molar-refractivity contribution in [3.05, 3.63) is 30.1 Å². The lowest BCUT2D eigenvalue weighted by Crippen LogP contribution is -2.49. The maximum Gasteiger partial charge on any atom is 0.308 e. The molecule has 1 aliphatic heterocycles. The summed E-state index contributed by atoms with van der Waals surface area (Å²) in [5, 5.41) is 11.9. The van der Waals surface area contributed by atoms with Crippen molar-refractivity contribution in [2.45, 2.75) is 12.8 Å². The summed E-state index contributed by atoms with van der Waals surface area (Å²) in [5.74, 6) is -3.54. The fourth-order valence-corrected chi connectivity index (χ4v) is 2.80. The molecule has 0 aromatic heterocycles. The first-order chi connectivity index (χ1) is 11.9. The topological polar surface area (TPSA) is 95.9 Å². The van der Waals surface area contributed by atoms with Crippen molar-refractivity contribution in [3.63, 3.8) is 0 Å². The van der Waals surface area contributed by atoms with Crippen LogP contribution in [0.4, 0.5) is 10.1 Å². The standard InChI is InChI=1S/C17H21FN2O5/c1-25-7-6-15(21)20-9-11(8-12(10-20)17(23)24)16(22)19-14-4-2-13(18)3-5-14/h2-5,11-12H,6-10H2,1H3,(H,19,22)(H,23,24)/t11-,12+/m1/s1. The van der Waals surface area contributed by atoms with E-state index in [1.165, 1.54) is 36.3 Å². The molecular weight excluding hydrogens is 331 g/mol. The number of rotatable bonds is 6.